The van der Waals surface area contributed by atoms with E-state index in [-0.39, 0.29) is 0 Å². The Morgan fingerprint density at radius 1 is 0.500 bits per heavy atom. The van der Waals surface area contributed by atoms with E-state index < -0.39 is 14.3 Å². The van der Waals surface area contributed by atoms with Crippen molar-refractivity contribution in [1.29, 1.82) is 0 Å². The van der Waals surface area contributed by atoms with Gasteiger partial charge in [0.25, 0.3) is 0 Å². The molecule has 0 radical (unpaired) electrons. The average Bonchev–Trinajstić information content (AvgIpc) is 2.80. The van der Waals surface area contributed by atoms with E-state index in [0.717, 1.165) is 0 Å². The summed E-state index contributed by atoms with van der Waals surface area (Å²) in [4.78, 5) is 3.99. The molecule has 0 aromatic heterocycles. The molecule has 4 heteroatoms. The SMILES string of the molecule is S=P(NP(c1ccccc1)c1ccccc1)(c1ccccc1)c1ccccc1. The molecule has 1 N–H and O–H groups in total. The van der Waals surface area contributed by atoms with Crippen LogP contribution in [0.25, 0.3) is 0 Å². The van der Waals surface area contributed by atoms with Crippen molar-refractivity contribution in [3.63, 3.8) is 0 Å². The van der Waals surface area contributed by atoms with Gasteiger partial charge >= 0.3 is 0 Å². The van der Waals surface area contributed by atoms with Crippen molar-refractivity contribution in [2.24, 2.45) is 0 Å². The second kappa shape index (κ2) is 8.95. The van der Waals surface area contributed by atoms with Gasteiger partial charge in [0.2, 0.25) is 0 Å². The Labute approximate surface area is 173 Å². The fraction of sp³-hybridized carbons (Fsp3) is 0. The zero-order valence-corrected chi connectivity index (χ0v) is 18.0. The molecule has 0 aliphatic rings. The zero-order valence-electron chi connectivity index (χ0n) is 15.3. The molecule has 0 bridgehead atoms. The molecule has 138 valence electrons. The molecule has 4 aromatic carbocycles. The summed E-state index contributed by atoms with van der Waals surface area (Å²) < 4.78 is 0. The summed E-state index contributed by atoms with van der Waals surface area (Å²) in [5, 5.41) is 4.95. The lowest BCUT2D eigenvalue weighted by atomic mass is 10.4. The van der Waals surface area contributed by atoms with Crippen molar-refractivity contribution in [3.05, 3.63) is 121 Å². The molecule has 0 aliphatic heterocycles. The smallest absolute Gasteiger partial charge is 0.0722 e. The number of benzene rings is 4. The van der Waals surface area contributed by atoms with Crippen LogP contribution in [0.4, 0.5) is 0 Å². The van der Waals surface area contributed by atoms with Crippen LogP contribution >= 0.6 is 14.3 Å². The summed E-state index contributed by atoms with van der Waals surface area (Å²) in [6.45, 7) is 0. The zero-order chi connectivity index (χ0) is 19.2. The van der Waals surface area contributed by atoms with Gasteiger partial charge in [-0.05, 0) is 10.6 Å². The molecule has 0 spiro atoms. The van der Waals surface area contributed by atoms with Gasteiger partial charge < -0.3 is 0 Å². The topological polar surface area (TPSA) is 12.0 Å². The van der Waals surface area contributed by atoms with Crippen LogP contribution in [0.15, 0.2) is 121 Å². The van der Waals surface area contributed by atoms with Gasteiger partial charge in [-0.15, -0.1) is 0 Å². The van der Waals surface area contributed by atoms with Crippen LogP contribution in [-0.2, 0) is 11.8 Å². The minimum absolute atomic E-state index is 0.791. The Kier molecular flexibility index (Phi) is 6.15. The van der Waals surface area contributed by atoms with Crippen molar-refractivity contribution in [1.82, 2.24) is 4.86 Å². The fourth-order valence-corrected chi connectivity index (χ4v) is 10.3. The molecule has 0 aliphatic carbocycles. The number of hydrogen-bond donors (Lipinski definition) is 1. The summed E-state index contributed by atoms with van der Waals surface area (Å²) in [6.07, 6.45) is -2.20. The lowest BCUT2D eigenvalue weighted by Gasteiger charge is -2.30. The quantitative estimate of drug-likeness (QED) is 0.458. The number of hydrogen-bond acceptors (Lipinski definition) is 1. The van der Waals surface area contributed by atoms with Crippen LogP contribution < -0.4 is 26.1 Å². The average molecular weight is 417 g/mol. The fourth-order valence-electron chi connectivity index (χ4n) is 3.10. The maximum absolute atomic E-state index is 6.43. The second-order valence-corrected chi connectivity index (χ2v) is 12.8. The highest BCUT2D eigenvalue weighted by Gasteiger charge is 2.27. The number of nitrogens with one attached hydrogen (secondary N) is 1. The molecule has 0 unspecified atom stereocenters. The lowest BCUT2D eigenvalue weighted by Crippen LogP contribution is -2.30. The Balaban J connectivity index is 1.85. The molecule has 0 atom stereocenters. The third kappa shape index (κ3) is 4.17. The molecule has 0 heterocycles. The summed E-state index contributed by atoms with van der Waals surface area (Å²) in [5.41, 5.74) is 0. The minimum Gasteiger partial charge on any atom is -0.252 e. The molecule has 0 fully saturated rings. The van der Waals surface area contributed by atoms with Gasteiger partial charge in [0.1, 0.15) is 0 Å². The largest absolute Gasteiger partial charge is 0.252 e. The van der Waals surface area contributed by atoms with E-state index in [0.29, 0.717) is 0 Å². The first-order valence-corrected chi connectivity index (χ1v) is 13.3. The van der Waals surface area contributed by atoms with Crippen LogP contribution in [0.1, 0.15) is 0 Å². The predicted molar refractivity (Wildman–Crippen MR) is 129 cm³/mol. The summed E-state index contributed by atoms with van der Waals surface area (Å²) in [7, 11) is -0.791. The van der Waals surface area contributed by atoms with Gasteiger partial charge in [0.05, 0.1) is 6.19 Å². The first kappa shape index (κ1) is 19.2. The van der Waals surface area contributed by atoms with Gasteiger partial charge in [0, 0.05) is 18.7 Å². The molecule has 4 aromatic rings. The van der Waals surface area contributed by atoms with Crippen molar-refractivity contribution in [3.8, 4) is 0 Å². The predicted octanol–water partition coefficient (Wildman–Crippen LogP) is 4.67. The van der Waals surface area contributed by atoms with Crippen molar-refractivity contribution < 1.29 is 0 Å². The number of rotatable bonds is 6. The lowest BCUT2D eigenvalue weighted by molar-refractivity contribution is 1.61. The van der Waals surface area contributed by atoms with Gasteiger partial charge in [-0.3, -0.25) is 4.86 Å². The van der Waals surface area contributed by atoms with Crippen LogP contribution in [0.2, 0.25) is 0 Å². The highest BCUT2D eigenvalue weighted by molar-refractivity contribution is 8.23. The highest BCUT2D eigenvalue weighted by atomic mass is 32.4. The maximum Gasteiger partial charge on any atom is 0.0722 e. The van der Waals surface area contributed by atoms with E-state index in [9.17, 15) is 0 Å². The summed E-state index contributed by atoms with van der Waals surface area (Å²) in [6, 6.07) is 42.3. The van der Waals surface area contributed by atoms with E-state index in [1.165, 1.54) is 21.2 Å². The van der Waals surface area contributed by atoms with Crippen LogP contribution in [0.3, 0.4) is 0 Å². The molecule has 0 saturated heterocycles. The molecular weight excluding hydrogens is 396 g/mol. The monoisotopic (exact) mass is 417 g/mol. The summed E-state index contributed by atoms with van der Waals surface area (Å²) in [5.74, 6) is 0. The molecule has 4 rings (SSSR count). The maximum atomic E-state index is 6.43. The van der Waals surface area contributed by atoms with E-state index in [4.69, 9.17) is 11.8 Å². The first-order chi connectivity index (χ1) is 13.8. The Hall–Kier alpha value is -2.08. The van der Waals surface area contributed by atoms with Crippen molar-refractivity contribution in [2.45, 2.75) is 0 Å². The van der Waals surface area contributed by atoms with Gasteiger partial charge in [-0.1, -0.05) is 133 Å². The van der Waals surface area contributed by atoms with Crippen LogP contribution in [0, 0.1) is 0 Å². The highest BCUT2D eigenvalue weighted by Crippen LogP contribution is 2.48. The molecule has 28 heavy (non-hydrogen) atoms. The third-order valence-corrected chi connectivity index (χ3v) is 12.1. The van der Waals surface area contributed by atoms with E-state index in [2.05, 4.69) is 114 Å². The first-order valence-electron chi connectivity index (χ1n) is 9.17. The second-order valence-electron chi connectivity index (χ2n) is 6.39. The van der Waals surface area contributed by atoms with Crippen LogP contribution in [0.5, 0.6) is 0 Å². The molecular formula is C24H21NP2S. The van der Waals surface area contributed by atoms with Gasteiger partial charge in [0.15, 0.2) is 0 Å². The Morgan fingerprint density at radius 3 is 1.18 bits per heavy atom. The Morgan fingerprint density at radius 2 is 0.821 bits per heavy atom. The molecule has 0 saturated carbocycles. The normalized spacial score (nSPS) is 11.5. The van der Waals surface area contributed by atoms with Gasteiger partial charge in [-0.2, -0.15) is 0 Å². The van der Waals surface area contributed by atoms with Gasteiger partial charge in [-0.25, -0.2) is 0 Å². The molecule has 1 nitrogen and oxygen atoms in total. The van der Waals surface area contributed by atoms with E-state index >= 15 is 0 Å². The van der Waals surface area contributed by atoms with Crippen LogP contribution in [-0.4, -0.2) is 0 Å². The standard InChI is InChI=1S/C24H21NP2S/c28-27(23-17-9-3-10-18-23,24-19-11-4-12-20-24)25-26(21-13-5-1-6-14-21)22-15-7-2-8-16-22/h1-20H,(H,25,28). The molecule has 0 amide bonds. The third-order valence-electron chi connectivity index (χ3n) is 4.51. The van der Waals surface area contributed by atoms with E-state index in [1.807, 2.05) is 12.1 Å². The van der Waals surface area contributed by atoms with Crippen molar-refractivity contribution >= 4 is 47.3 Å². The minimum atomic E-state index is -2.20. The van der Waals surface area contributed by atoms with E-state index in [1.54, 1.807) is 0 Å². The van der Waals surface area contributed by atoms with Crippen molar-refractivity contribution in [2.75, 3.05) is 0 Å². The Bertz CT molecular complexity index is 972. The summed E-state index contributed by atoms with van der Waals surface area (Å²) >= 11 is 6.43.